The largest absolute Gasteiger partial charge is 0.364 e. The molecule has 1 N–H and O–H groups in total. The maximum atomic E-state index is 12.4. The lowest BCUT2D eigenvalue weighted by molar-refractivity contribution is -0.119. The van der Waals surface area contributed by atoms with E-state index in [0.717, 1.165) is 6.41 Å². The molecule has 25 heavy (non-hydrogen) atoms. The number of aromatic nitrogens is 2. The SMILES string of the molecule is Cc1ccccc1CNc1ccc(C(=O)N2CCN(C=O)CC2)nn1. The van der Waals surface area contributed by atoms with E-state index < -0.39 is 0 Å². The third-order valence-corrected chi connectivity index (χ3v) is 4.36. The van der Waals surface area contributed by atoms with Crippen molar-refractivity contribution in [1.29, 1.82) is 0 Å². The van der Waals surface area contributed by atoms with Crippen LogP contribution < -0.4 is 5.32 Å². The van der Waals surface area contributed by atoms with E-state index in [1.165, 1.54) is 11.1 Å². The molecule has 0 bridgehead atoms. The normalized spacial score (nSPS) is 14.3. The molecule has 0 unspecified atom stereocenters. The molecule has 0 saturated carbocycles. The first-order valence-corrected chi connectivity index (χ1v) is 8.28. The summed E-state index contributed by atoms with van der Waals surface area (Å²) < 4.78 is 0. The highest BCUT2D eigenvalue weighted by molar-refractivity contribution is 5.92. The second-order valence-electron chi connectivity index (χ2n) is 6.02. The van der Waals surface area contributed by atoms with E-state index in [1.54, 1.807) is 21.9 Å². The molecule has 2 amide bonds. The average Bonchev–Trinajstić information content (AvgIpc) is 2.67. The number of rotatable bonds is 5. The summed E-state index contributed by atoms with van der Waals surface area (Å²) in [4.78, 5) is 26.5. The maximum absolute atomic E-state index is 12.4. The van der Waals surface area contributed by atoms with Crippen molar-refractivity contribution in [2.24, 2.45) is 0 Å². The minimum Gasteiger partial charge on any atom is -0.364 e. The number of nitrogens with zero attached hydrogens (tertiary/aromatic N) is 4. The zero-order chi connectivity index (χ0) is 17.6. The first-order chi connectivity index (χ1) is 12.2. The minimum absolute atomic E-state index is 0.150. The zero-order valence-corrected chi connectivity index (χ0v) is 14.2. The number of hydrogen-bond acceptors (Lipinski definition) is 5. The summed E-state index contributed by atoms with van der Waals surface area (Å²) in [5.74, 6) is 0.481. The van der Waals surface area contributed by atoms with E-state index in [4.69, 9.17) is 0 Å². The Bertz CT molecular complexity index is 739. The maximum Gasteiger partial charge on any atom is 0.274 e. The lowest BCUT2D eigenvalue weighted by Crippen LogP contribution is -2.48. The minimum atomic E-state index is -0.150. The molecule has 1 aromatic carbocycles. The second-order valence-corrected chi connectivity index (χ2v) is 6.02. The van der Waals surface area contributed by atoms with Gasteiger partial charge in [0.15, 0.2) is 5.69 Å². The van der Waals surface area contributed by atoms with Gasteiger partial charge < -0.3 is 15.1 Å². The highest BCUT2D eigenvalue weighted by atomic mass is 16.2. The Labute approximate surface area is 146 Å². The van der Waals surface area contributed by atoms with Crippen LogP contribution in [0.15, 0.2) is 36.4 Å². The van der Waals surface area contributed by atoms with Crippen molar-refractivity contribution < 1.29 is 9.59 Å². The molecule has 1 fully saturated rings. The Morgan fingerprint density at radius 3 is 2.52 bits per heavy atom. The van der Waals surface area contributed by atoms with E-state index in [2.05, 4.69) is 34.6 Å². The molecule has 7 heteroatoms. The van der Waals surface area contributed by atoms with Crippen LogP contribution >= 0.6 is 0 Å². The van der Waals surface area contributed by atoms with Crippen LogP contribution in [0, 0.1) is 6.92 Å². The molecule has 2 aromatic rings. The Hall–Kier alpha value is -2.96. The van der Waals surface area contributed by atoms with Gasteiger partial charge >= 0.3 is 0 Å². The third kappa shape index (κ3) is 4.12. The molecule has 1 aliphatic rings. The summed E-state index contributed by atoms with van der Waals surface area (Å²) in [7, 11) is 0. The van der Waals surface area contributed by atoms with Gasteiger partial charge in [0.2, 0.25) is 6.41 Å². The van der Waals surface area contributed by atoms with Crippen LogP contribution in [0.5, 0.6) is 0 Å². The highest BCUT2D eigenvalue weighted by Crippen LogP contribution is 2.11. The molecule has 0 spiro atoms. The lowest BCUT2D eigenvalue weighted by atomic mass is 10.1. The van der Waals surface area contributed by atoms with Gasteiger partial charge in [0.1, 0.15) is 5.82 Å². The fourth-order valence-corrected chi connectivity index (χ4v) is 2.73. The van der Waals surface area contributed by atoms with E-state index in [9.17, 15) is 9.59 Å². The molecule has 7 nitrogen and oxygen atoms in total. The molecule has 1 aromatic heterocycles. The highest BCUT2D eigenvalue weighted by Gasteiger charge is 2.22. The molecule has 2 heterocycles. The van der Waals surface area contributed by atoms with Gasteiger partial charge in [-0.25, -0.2) is 0 Å². The first-order valence-electron chi connectivity index (χ1n) is 8.28. The zero-order valence-electron chi connectivity index (χ0n) is 14.2. The van der Waals surface area contributed by atoms with E-state index in [1.807, 2.05) is 12.1 Å². The van der Waals surface area contributed by atoms with Crippen molar-refractivity contribution in [2.75, 3.05) is 31.5 Å². The van der Waals surface area contributed by atoms with Gasteiger partial charge in [-0.05, 0) is 30.2 Å². The van der Waals surface area contributed by atoms with Crippen molar-refractivity contribution in [3.05, 3.63) is 53.2 Å². The van der Waals surface area contributed by atoms with E-state index in [0.29, 0.717) is 44.2 Å². The van der Waals surface area contributed by atoms with Gasteiger partial charge in [-0.1, -0.05) is 24.3 Å². The topological polar surface area (TPSA) is 78.4 Å². The predicted molar refractivity (Wildman–Crippen MR) is 94.1 cm³/mol. The van der Waals surface area contributed by atoms with E-state index in [-0.39, 0.29) is 5.91 Å². The van der Waals surface area contributed by atoms with Crippen molar-refractivity contribution in [3.63, 3.8) is 0 Å². The summed E-state index contributed by atoms with van der Waals surface area (Å²) >= 11 is 0. The fraction of sp³-hybridized carbons (Fsp3) is 0.333. The molecule has 0 atom stereocenters. The number of piperazine rings is 1. The van der Waals surface area contributed by atoms with Gasteiger partial charge in [0.25, 0.3) is 5.91 Å². The van der Waals surface area contributed by atoms with Gasteiger partial charge in [0, 0.05) is 32.7 Å². The quantitative estimate of drug-likeness (QED) is 0.831. The number of nitrogens with one attached hydrogen (secondary N) is 1. The Morgan fingerprint density at radius 1 is 1.12 bits per heavy atom. The Kier molecular flexibility index (Phi) is 5.23. The summed E-state index contributed by atoms with van der Waals surface area (Å²) in [5, 5.41) is 11.4. The van der Waals surface area contributed by atoms with Crippen LogP contribution in [0.3, 0.4) is 0 Å². The summed E-state index contributed by atoms with van der Waals surface area (Å²) in [6.07, 6.45) is 0.816. The number of carbonyl (C=O) groups is 2. The Balaban J connectivity index is 1.57. The van der Waals surface area contributed by atoms with Crippen molar-refractivity contribution in [3.8, 4) is 0 Å². The molecule has 0 aliphatic carbocycles. The van der Waals surface area contributed by atoms with Crippen molar-refractivity contribution >= 4 is 18.1 Å². The smallest absolute Gasteiger partial charge is 0.274 e. The van der Waals surface area contributed by atoms with Crippen LogP contribution in [0.1, 0.15) is 21.6 Å². The van der Waals surface area contributed by atoms with Crippen molar-refractivity contribution in [1.82, 2.24) is 20.0 Å². The third-order valence-electron chi connectivity index (χ3n) is 4.36. The summed E-state index contributed by atoms with van der Waals surface area (Å²) in [6.45, 7) is 4.87. The average molecular weight is 339 g/mol. The van der Waals surface area contributed by atoms with E-state index >= 15 is 0 Å². The number of hydrogen-bond donors (Lipinski definition) is 1. The number of benzene rings is 1. The van der Waals surface area contributed by atoms with Gasteiger partial charge in [0.05, 0.1) is 0 Å². The first kappa shape index (κ1) is 16.9. The number of aryl methyl sites for hydroxylation is 1. The molecule has 1 aliphatic heterocycles. The number of carbonyl (C=O) groups excluding carboxylic acids is 2. The molecule has 0 radical (unpaired) electrons. The van der Waals surface area contributed by atoms with Gasteiger partial charge in [-0.3, -0.25) is 9.59 Å². The van der Waals surface area contributed by atoms with Gasteiger partial charge in [-0.2, -0.15) is 0 Å². The second kappa shape index (κ2) is 7.74. The van der Waals surface area contributed by atoms with Gasteiger partial charge in [-0.15, -0.1) is 10.2 Å². The van der Waals surface area contributed by atoms with Crippen molar-refractivity contribution in [2.45, 2.75) is 13.5 Å². The molecule has 3 rings (SSSR count). The van der Waals surface area contributed by atoms with Crippen LogP contribution in [0.2, 0.25) is 0 Å². The Morgan fingerprint density at radius 2 is 1.88 bits per heavy atom. The summed E-state index contributed by atoms with van der Waals surface area (Å²) in [6, 6.07) is 11.6. The molecule has 130 valence electrons. The number of anilines is 1. The molecular weight excluding hydrogens is 318 g/mol. The predicted octanol–water partition coefficient (Wildman–Crippen LogP) is 1.31. The van der Waals surface area contributed by atoms with Crippen LogP contribution in [0.25, 0.3) is 0 Å². The lowest BCUT2D eigenvalue weighted by Gasteiger charge is -2.32. The fourth-order valence-electron chi connectivity index (χ4n) is 2.73. The van der Waals surface area contributed by atoms with Crippen LogP contribution in [-0.2, 0) is 11.3 Å². The molecular formula is C18H21N5O2. The number of amides is 2. The van der Waals surface area contributed by atoms with Crippen LogP contribution in [0.4, 0.5) is 5.82 Å². The monoisotopic (exact) mass is 339 g/mol. The standard InChI is InChI=1S/C18H21N5O2/c1-14-4-2-3-5-15(14)12-19-17-7-6-16(20-21-17)18(25)23-10-8-22(13-24)9-11-23/h2-7,13H,8-12H2,1H3,(H,19,21). The van der Waals surface area contributed by atoms with Crippen LogP contribution in [-0.4, -0.2) is 58.5 Å². The molecule has 1 saturated heterocycles. The summed E-state index contributed by atoms with van der Waals surface area (Å²) in [5.41, 5.74) is 2.72.